The van der Waals surface area contributed by atoms with Gasteiger partial charge in [-0.3, -0.25) is 4.99 Å². The number of aliphatic imine (C=N–C) groups is 1. The van der Waals surface area contributed by atoms with Gasteiger partial charge >= 0.3 is 0 Å². The highest BCUT2D eigenvalue weighted by atomic mass is 15.2. The fourth-order valence-corrected chi connectivity index (χ4v) is 2.22. The first-order valence-electron chi connectivity index (χ1n) is 6.59. The van der Waals surface area contributed by atoms with E-state index in [9.17, 15) is 0 Å². The van der Waals surface area contributed by atoms with Gasteiger partial charge in [-0.05, 0) is 45.2 Å². The number of anilines is 1. The van der Waals surface area contributed by atoms with E-state index in [1.807, 2.05) is 6.20 Å². The lowest BCUT2D eigenvalue weighted by molar-refractivity contribution is 0.738. The summed E-state index contributed by atoms with van der Waals surface area (Å²) in [5, 5.41) is 0. The molecule has 2 rings (SSSR count). The molecule has 92 valence electrons. The van der Waals surface area contributed by atoms with Gasteiger partial charge in [0.2, 0.25) is 0 Å². The highest BCUT2D eigenvalue weighted by Gasteiger charge is 2.09. The number of pyridine rings is 1. The number of hydrogen-bond acceptors (Lipinski definition) is 3. The van der Waals surface area contributed by atoms with Crippen LogP contribution in [0.3, 0.4) is 0 Å². The van der Waals surface area contributed by atoms with Gasteiger partial charge in [0.05, 0.1) is 0 Å². The Kier molecular flexibility index (Phi) is 4.13. The van der Waals surface area contributed by atoms with Gasteiger partial charge in [-0.15, -0.1) is 0 Å². The molecule has 0 N–H and O–H groups in total. The SMILES string of the molecule is CCN(CC)c1ccc(C2=NCCCC2)cn1. The van der Waals surface area contributed by atoms with Crippen LogP contribution in [0.1, 0.15) is 38.7 Å². The van der Waals surface area contributed by atoms with Crippen molar-refractivity contribution in [1.29, 1.82) is 0 Å². The molecular weight excluding hydrogens is 210 g/mol. The highest BCUT2D eigenvalue weighted by Crippen LogP contribution is 2.16. The van der Waals surface area contributed by atoms with Crippen LogP contribution in [0.25, 0.3) is 0 Å². The maximum Gasteiger partial charge on any atom is 0.128 e. The Labute approximate surface area is 104 Å². The molecule has 0 saturated carbocycles. The lowest BCUT2D eigenvalue weighted by Gasteiger charge is -2.20. The summed E-state index contributed by atoms with van der Waals surface area (Å²) in [4.78, 5) is 11.4. The lowest BCUT2D eigenvalue weighted by Crippen LogP contribution is -2.23. The highest BCUT2D eigenvalue weighted by molar-refractivity contribution is 6.00. The summed E-state index contributed by atoms with van der Waals surface area (Å²) < 4.78 is 0. The van der Waals surface area contributed by atoms with Crippen molar-refractivity contribution >= 4 is 11.5 Å². The van der Waals surface area contributed by atoms with Crippen LogP contribution in [0.2, 0.25) is 0 Å². The molecule has 0 aliphatic carbocycles. The molecule has 0 amide bonds. The van der Waals surface area contributed by atoms with E-state index < -0.39 is 0 Å². The van der Waals surface area contributed by atoms with Crippen LogP contribution in [-0.2, 0) is 0 Å². The molecule has 0 spiro atoms. The van der Waals surface area contributed by atoms with Gasteiger partial charge in [0.1, 0.15) is 5.82 Å². The Morgan fingerprint density at radius 1 is 1.18 bits per heavy atom. The Bertz CT molecular complexity index is 377. The molecule has 3 heteroatoms. The zero-order chi connectivity index (χ0) is 12.1. The van der Waals surface area contributed by atoms with Crippen LogP contribution in [-0.4, -0.2) is 30.3 Å². The first-order valence-corrected chi connectivity index (χ1v) is 6.59. The summed E-state index contributed by atoms with van der Waals surface area (Å²) in [6.07, 6.45) is 5.56. The van der Waals surface area contributed by atoms with Gasteiger partial charge in [0.15, 0.2) is 0 Å². The Morgan fingerprint density at radius 3 is 2.53 bits per heavy atom. The average molecular weight is 231 g/mol. The first-order chi connectivity index (χ1) is 8.35. The summed E-state index contributed by atoms with van der Waals surface area (Å²) in [7, 11) is 0. The molecule has 1 aliphatic rings. The minimum atomic E-state index is 0.979. The van der Waals surface area contributed by atoms with Gasteiger partial charge in [-0.1, -0.05) is 0 Å². The molecule has 17 heavy (non-hydrogen) atoms. The second-order valence-electron chi connectivity index (χ2n) is 4.36. The van der Waals surface area contributed by atoms with Crippen molar-refractivity contribution in [2.45, 2.75) is 33.1 Å². The zero-order valence-electron chi connectivity index (χ0n) is 10.8. The van der Waals surface area contributed by atoms with Gasteiger partial charge in [0, 0.05) is 37.1 Å². The molecule has 1 aromatic rings. The van der Waals surface area contributed by atoms with Crippen molar-refractivity contribution in [3.05, 3.63) is 23.9 Å². The maximum absolute atomic E-state index is 4.58. The van der Waals surface area contributed by atoms with Crippen molar-refractivity contribution in [2.75, 3.05) is 24.5 Å². The van der Waals surface area contributed by atoms with Gasteiger partial charge < -0.3 is 4.90 Å². The Hall–Kier alpha value is -1.38. The Morgan fingerprint density at radius 2 is 2.00 bits per heavy atom. The lowest BCUT2D eigenvalue weighted by atomic mass is 10.0. The van der Waals surface area contributed by atoms with Crippen LogP contribution in [0.15, 0.2) is 23.3 Å². The molecule has 0 fully saturated rings. The fraction of sp³-hybridized carbons (Fsp3) is 0.571. The smallest absolute Gasteiger partial charge is 0.128 e. The van der Waals surface area contributed by atoms with Crippen LogP contribution >= 0.6 is 0 Å². The average Bonchev–Trinajstić information content (AvgIpc) is 2.42. The van der Waals surface area contributed by atoms with E-state index in [0.717, 1.165) is 31.9 Å². The van der Waals surface area contributed by atoms with E-state index in [1.165, 1.54) is 24.1 Å². The quantitative estimate of drug-likeness (QED) is 0.797. The van der Waals surface area contributed by atoms with Crippen LogP contribution in [0.5, 0.6) is 0 Å². The number of rotatable bonds is 4. The first kappa shape index (κ1) is 12.1. The third-order valence-corrected chi connectivity index (χ3v) is 3.29. The molecule has 2 heterocycles. The minimum Gasteiger partial charge on any atom is -0.357 e. The van der Waals surface area contributed by atoms with Crippen molar-refractivity contribution in [3.8, 4) is 0 Å². The molecule has 0 bridgehead atoms. The molecule has 3 nitrogen and oxygen atoms in total. The van der Waals surface area contributed by atoms with Crippen molar-refractivity contribution in [2.24, 2.45) is 4.99 Å². The third-order valence-electron chi connectivity index (χ3n) is 3.29. The standard InChI is InChI=1S/C14H21N3/c1-3-17(4-2)14-9-8-12(11-16-14)13-7-5-6-10-15-13/h8-9,11H,3-7,10H2,1-2H3. The number of nitrogens with zero attached hydrogens (tertiary/aromatic N) is 3. The molecule has 0 unspecified atom stereocenters. The monoisotopic (exact) mass is 231 g/mol. The van der Waals surface area contributed by atoms with E-state index in [-0.39, 0.29) is 0 Å². The summed E-state index contributed by atoms with van der Waals surface area (Å²) in [5.41, 5.74) is 2.43. The Balaban J connectivity index is 2.14. The van der Waals surface area contributed by atoms with E-state index >= 15 is 0 Å². The largest absolute Gasteiger partial charge is 0.357 e. The maximum atomic E-state index is 4.58. The molecular formula is C14H21N3. The van der Waals surface area contributed by atoms with Gasteiger partial charge in [-0.2, -0.15) is 0 Å². The molecule has 0 atom stereocenters. The molecule has 1 aromatic heterocycles. The van der Waals surface area contributed by atoms with Crippen molar-refractivity contribution in [1.82, 2.24) is 4.98 Å². The molecule has 1 aliphatic heterocycles. The predicted molar refractivity (Wildman–Crippen MR) is 73.1 cm³/mol. The second kappa shape index (κ2) is 5.80. The van der Waals surface area contributed by atoms with Crippen molar-refractivity contribution < 1.29 is 0 Å². The van der Waals surface area contributed by atoms with E-state index in [0.29, 0.717) is 0 Å². The van der Waals surface area contributed by atoms with E-state index in [2.05, 4.69) is 40.9 Å². The van der Waals surface area contributed by atoms with Crippen LogP contribution in [0, 0.1) is 0 Å². The van der Waals surface area contributed by atoms with Gasteiger partial charge in [0.25, 0.3) is 0 Å². The summed E-state index contributed by atoms with van der Waals surface area (Å²) in [6, 6.07) is 4.27. The van der Waals surface area contributed by atoms with Crippen molar-refractivity contribution in [3.63, 3.8) is 0 Å². The molecule has 0 aromatic carbocycles. The normalized spacial score (nSPS) is 15.5. The van der Waals surface area contributed by atoms with Crippen LogP contribution < -0.4 is 4.90 Å². The molecule has 0 saturated heterocycles. The number of hydrogen-bond donors (Lipinski definition) is 0. The summed E-state index contributed by atoms with van der Waals surface area (Å²) in [5.74, 6) is 1.06. The second-order valence-corrected chi connectivity index (χ2v) is 4.36. The predicted octanol–water partition coefficient (Wildman–Crippen LogP) is 2.90. The van der Waals surface area contributed by atoms with Crippen LogP contribution in [0.4, 0.5) is 5.82 Å². The summed E-state index contributed by atoms with van der Waals surface area (Å²) >= 11 is 0. The molecule has 0 radical (unpaired) electrons. The van der Waals surface area contributed by atoms with Gasteiger partial charge in [-0.25, -0.2) is 4.98 Å². The summed E-state index contributed by atoms with van der Waals surface area (Å²) in [6.45, 7) is 7.30. The van der Waals surface area contributed by atoms with E-state index in [4.69, 9.17) is 0 Å². The van der Waals surface area contributed by atoms with E-state index in [1.54, 1.807) is 0 Å². The zero-order valence-corrected chi connectivity index (χ0v) is 10.8. The number of aromatic nitrogens is 1. The topological polar surface area (TPSA) is 28.5 Å². The third kappa shape index (κ3) is 2.84. The fourth-order valence-electron chi connectivity index (χ4n) is 2.22. The minimum absolute atomic E-state index is 0.979.